The molecule has 2 heterocycles. The molecule has 0 aliphatic carbocycles. The van der Waals surface area contributed by atoms with E-state index in [9.17, 15) is 10.1 Å². The predicted molar refractivity (Wildman–Crippen MR) is 123 cm³/mol. The van der Waals surface area contributed by atoms with Gasteiger partial charge in [0.15, 0.2) is 16.3 Å². The Morgan fingerprint density at radius 3 is 2.66 bits per heavy atom. The van der Waals surface area contributed by atoms with Crippen LogP contribution in [-0.2, 0) is 6.54 Å². The van der Waals surface area contributed by atoms with Crippen LogP contribution in [0.4, 0.5) is 11.4 Å². The van der Waals surface area contributed by atoms with E-state index in [-0.39, 0.29) is 12.5 Å². The molecule has 0 fully saturated rings. The van der Waals surface area contributed by atoms with Gasteiger partial charge in [-0.1, -0.05) is 23.7 Å². The zero-order chi connectivity index (χ0) is 22.1. The van der Waals surface area contributed by atoms with Gasteiger partial charge >= 0.3 is 0 Å². The van der Waals surface area contributed by atoms with E-state index in [0.717, 1.165) is 33.1 Å². The predicted octanol–water partition coefficient (Wildman–Crippen LogP) is 5.79. The van der Waals surface area contributed by atoms with E-state index in [1.54, 1.807) is 24.3 Å². The van der Waals surface area contributed by atoms with Gasteiger partial charge in [-0.05, 0) is 53.6 Å². The second kappa shape index (κ2) is 8.49. The molecule has 3 aromatic carbocycles. The third-order valence-corrected chi connectivity index (χ3v) is 6.08. The van der Waals surface area contributed by atoms with Crippen molar-refractivity contribution >= 4 is 34.3 Å². The monoisotopic (exact) mass is 465 g/mol. The normalized spacial score (nSPS) is 12.8. The molecular formula is C23H16ClN3O4S. The Hall–Kier alpha value is -3.62. The summed E-state index contributed by atoms with van der Waals surface area (Å²) < 4.78 is 13.0. The molecule has 0 radical (unpaired) electrons. The highest BCUT2D eigenvalue weighted by Gasteiger charge is 2.16. The lowest BCUT2D eigenvalue weighted by atomic mass is 10.1. The molecule has 0 saturated carbocycles. The SMILES string of the molecule is O=[N+]([O-])c1ccc(-c2csc(=Nc3cccc(Cl)c3)n2Cc2ccc3c(c2)OCO3)cc1. The van der Waals surface area contributed by atoms with Crippen LogP contribution in [0, 0.1) is 10.1 Å². The van der Waals surface area contributed by atoms with E-state index in [1.165, 1.54) is 23.5 Å². The Labute approximate surface area is 191 Å². The average molecular weight is 466 g/mol. The minimum atomic E-state index is -0.405. The summed E-state index contributed by atoms with van der Waals surface area (Å²) in [5, 5.41) is 13.6. The molecule has 0 amide bonds. The minimum absolute atomic E-state index is 0.0511. The van der Waals surface area contributed by atoms with Gasteiger partial charge < -0.3 is 14.0 Å². The minimum Gasteiger partial charge on any atom is -0.454 e. The van der Waals surface area contributed by atoms with Crippen molar-refractivity contribution in [3.63, 3.8) is 0 Å². The standard InChI is InChI=1S/C23H16ClN3O4S/c24-17-2-1-3-18(11-17)25-23-26(12-15-4-9-21-22(10-15)31-14-30-21)20(13-32-23)16-5-7-19(8-6-16)27(28)29/h1-11,13H,12,14H2. The number of aromatic nitrogens is 1. The molecular weight excluding hydrogens is 450 g/mol. The van der Waals surface area contributed by atoms with Crippen molar-refractivity contribution in [3.8, 4) is 22.8 Å². The molecule has 32 heavy (non-hydrogen) atoms. The molecule has 1 aromatic heterocycles. The van der Waals surface area contributed by atoms with Gasteiger partial charge in [0.1, 0.15) is 0 Å². The topological polar surface area (TPSA) is 78.9 Å². The first-order chi connectivity index (χ1) is 15.6. The maximum absolute atomic E-state index is 11.0. The molecule has 160 valence electrons. The van der Waals surface area contributed by atoms with Crippen LogP contribution in [-0.4, -0.2) is 16.3 Å². The van der Waals surface area contributed by atoms with E-state index in [1.807, 2.05) is 35.7 Å². The molecule has 0 N–H and O–H groups in total. The number of nitro benzene ring substituents is 1. The summed E-state index contributed by atoms with van der Waals surface area (Å²) in [4.78, 5) is 16.2. The molecule has 0 spiro atoms. The molecule has 0 unspecified atom stereocenters. The van der Waals surface area contributed by atoms with Crippen molar-refractivity contribution in [3.05, 3.63) is 97.6 Å². The number of hydrogen-bond acceptors (Lipinski definition) is 6. The van der Waals surface area contributed by atoms with Gasteiger partial charge in [-0.15, -0.1) is 11.3 Å². The smallest absolute Gasteiger partial charge is 0.269 e. The van der Waals surface area contributed by atoms with Crippen LogP contribution in [0.15, 0.2) is 77.1 Å². The maximum atomic E-state index is 11.0. The summed E-state index contributed by atoms with van der Waals surface area (Å²) in [6.45, 7) is 0.750. The third kappa shape index (κ3) is 4.10. The number of hydrogen-bond donors (Lipinski definition) is 0. The number of thiazole rings is 1. The fourth-order valence-electron chi connectivity index (χ4n) is 3.43. The number of benzene rings is 3. The quantitative estimate of drug-likeness (QED) is 0.276. The molecule has 1 aliphatic heterocycles. The summed E-state index contributed by atoms with van der Waals surface area (Å²) in [7, 11) is 0. The summed E-state index contributed by atoms with van der Waals surface area (Å²) in [5.74, 6) is 1.44. The Morgan fingerprint density at radius 1 is 1.06 bits per heavy atom. The van der Waals surface area contributed by atoms with Crippen molar-refractivity contribution in [1.82, 2.24) is 4.57 Å². The fourth-order valence-corrected chi connectivity index (χ4v) is 4.55. The Bertz CT molecular complexity index is 1380. The van der Waals surface area contributed by atoms with Crippen molar-refractivity contribution in [2.24, 2.45) is 4.99 Å². The van der Waals surface area contributed by atoms with Crippen LogP contribution >= 0.6 is 22.9 Å². The molecule has 1 aliphatic rings. The fraction of sp³-hybridized carbons (Fsp3) is 0.0870. The summed E-state index contributed by atoms with van der Waals surface area (Å²) >= 11 is 7.62. The van der Waals surface area contributed by atoms with Gasteiger partial charge in [-0.25, -0.2) is 4.99 Å². The van der Waals surface area contributed by atoms with Gasteiger partial charge in [0, 0.05) is 22.5 Å². The summed E-state index contributed by atoms with van der Waals surface area (Å²) in [6.07, 6.45) is 0. The van der Waals surface area contributed by atoms with Crippen LogP contribution in [0.1, 0.15) is 5.56 Å². The number of halogens is 1. The van der Waals surface area contributed by atoms with Crippen molar-refractivity contribution < 1.29 is 14.4 Å². The first kappa shape index (κ1) is 20.3. The van der Waals surface area contributed by atoms with Crippen LogP contribution in [0.2, 0.25) is 5.02 Å². The molecule has 9 heteroatoms. The van der Waals surface area contributed by atoms with E-state index in [2.05, 4.69) is 4.57 Å². The first-order valence-electron chi connectivity index (χ1n) is 9.69. The lowest BCUT2D eigenvalue weighted by molar-refractivity contribution is -0.384. The van der Waals surface area contributed by atoms with Crippen molar-refractivity contribution in [2.75, 3.05) is 6.79 Å². The lowest BCUT2D eigenvalue weighted by Crippen LogP contribution is -2.16. The highest BCUT2D eigenvalue weighted by molar-refractivity contribution is 7.07. The maximum Gasteiger partial charge on any atom is 0.269 e. The van der Waals surface area contributed by atoms with E-state index in [4.69, 9.17) is 26.1 Å². The van der Waals surface area contributed by atoms with Gasteiger partial charge in [0.25, 0.3) is 5.69 Å². The molecule has 0 atom stereocenters. The number of ether oxygens (including phenoxy) is 2. The number of rotatable bonds is 5. The molecule has 5 rings (SSSR count). The van der Waals surface area contributed by atoms with Crippen molar-refractivity contribution in [2.45, 2.75) is 6.54 Å². The zero-order valence-electron chi connectivity index (χ0n) is 16.6. The molecule has 0 bridgehead atoms. The zero-order valence-corrected chi connectivity index (χ0v) is 18.2. The highest BCUT2D eigenvalue weighted by Crippen LogP contribution is 2.33. The van der Waals surface area contributed by atoms with E-state index < -0.39 is 4.92 Å². The Kier molecular flexibility index (Phi) is 5.38. The van der Waals surface area contributed by atoms with Crippen LogP contribution in [0.5, 0.6) is 11.5 Å². The van der Waals surface area contributed by atoms with Gasteiger partial charge in [0.05, 0.1) is 22.8 Å². The largest absolute Gasteiger partial charge is 0.454 e. The Balaban J connectivity index is 1.60. The summed E-state index contributed by atoms with van der Waals surface area (Å²) in [6, 6.07) is 19.7. The second-order valence-corrected chi connectivity index (χ2v) is 8.35. The number of nitro groups is 1. The van der Waals surface area contributed by atoms with E-state index in [0.29, 0.717) is 17.3 Å². The van der Waals surface area contributed by atoms with Gasteiger partial charge in [-0.2, -0.15) is 0 Å². The van der Waals surface area contributed by atoms with Crippen molar-refractivity contribution in [1.29, 1.82) is 0 Å². The second-order valence-electron chi connectivity index (χ2n) is 7.07. The van der Waals surface area contributed by atoms with Gasteiger partial charge in [0.2, 0.25) is 6.79 Å². The third-order valence-electron chi connectivity index (χ3n) is 4.98. The summed E-state index contributed by atoms with van der Waals surface area (Å²) in [5.41, 5.74) is 3.58. The van der Waals surface area contributed by atoms with Gasteiger partial charge in [-0.3, -0.25) is 10.1 Å². The number of fused-ring (bicyclic) bond motifs is 1. The van der Waals surface area contributed by atoms with Crippen LogP contribution in [0.3, 0.4) is 0 Å². The van der Waals surface area contributed by atoms with E-state index >= 15 is 0 Å². The Morgan fingerprint density at radius 2 is 1.88 bits per heavy atom. The van der Waals surface area contributed by atoms with Crippen LogP contribution in [0.25, 0.3) is 11.3 Å². The van der Waals surface area contributed by atoms with Crippen LogP contribution < -0.4 is 14.3 Å². The first-order valence-corrected chi connectivity index (χ1v) is 10.9. The average Bonchev–Trinajstić information content (AvgIpc) is 3.41. The highest BCUT2D eigenvalue weighted by atomic mass is 35.5. The molecule has 4 aromatic rings. The lowest BCUT2D eigenvalue weighted by Gasteiger charge is -2.10. The molecule has 0 saturated heterocycles. The molecule has 7 nitrogen and oxygen atoms in total. The number of non-ortho nitro benzene ring substituents is 1. The number of nitrogens with zero attached hydrogens (tertiary/aromatic N) is 3.